The first-order valence-electron chi connectivity index (χ1n) is 6.07. The highest BCUT2D eigenvalue weighted by molar-refractivity contribution is 9.08. The van der Waals surface area contributed by atoms with Crippen LogP contribution in [0.15, 0.2) is 42.5 Å². The van der Waals surface area contributed by atoms with Crippen LogP contribution in [0.4, 0.5) is 11.4 Å². The van der Waals surface area contributed by atoms with Crippen molar-refractivity contribution in [3.63, 3.8) is 0 Å². The molecule has 0 amide bonds. The Kier molecular flexibility index (Phi) is 4.07. The fourth-order valence-corrected chi connectivity index (χ4v) is 2.43. The molecule has 0 N–H and O–H groups in total. The van der Waals surface area contributed by atoms with E-state index in [1.807, 2.05) is 0 Å². The van der Waals surface area contributed by atoms with Crippen LogP contribution >= 0.6 is 15.9 Å². The molecule has 2 aromatic carbocycles. The van der Waals surface area contributed by atoms with Crippen LogP contribution in [0.25, 0.3) is 0 Å². The zero-order chi connectivity index (χ0) is 13.1. The van der Waals surface area contributed by atoms with Gasteiger partial charge in [-0.1, -0.05) is 45.8 Å². The molecule has 2 rings (SSSR count). The molecule has 0 aliphatic heterocycles. The summed E-state index contributed by atoms with van der Waals surface area (Å²) in [6.07, 6.45) is 0. The largest absolute Gasteiger partial charge is 0.344 e. The van der Waals surface area contributed by atoms with Crippen LogP contribution in [-0.2, 0) is 5.33 Å². The molecule has 0 bridgehead atoms. The molecule has 18 heavy (non-hydrogen) atoms. The molecule has 0 radical (unpaired) electrons. The fraction of sp³-hybridized carbons (Fsp3) is 0.250. The van der Waals surface area contributed by atoms with Crippen molar-refractivity contribution < 1.29 is 0 Å². The number of aryl methyl sites for hydroxylation is 2. The molecule has 94 valence electrons. The quantitative estimate of drug-likeness (QED) is 0.724. The topological polar surface area (TPSA) is 3.24 Å². The van der Waals surface area contributed by atoms with Gasteiger partial charge in [0.25, 0.3) is 0 Å². The van der Waals surface area contributed by atoms with E-state index < -0.39 is 0 Å². The molecule has 0 aromatic heterocycles. The highest BCUT2D eigenvalue weighted by Gasteiger charge is 2.07. The Morgan fingerprint density at radius 1 is 1.00 bits per heavy atom. The van der Waals surface area contributed by atoms with Crippen molar-refractivity contribution in [2.75, 3.05) is 11.9 Å². The molecule has 1 nitrogen and oxygen atoms in total. The van der Waals surface area contributed by atoms with Gasteiger partial charge in [-0.2, -0.15) is 0 Å². The molecule has 2 aromatic rings. The molecule has 0 saturated heterocycles. The van der Waals surface area contributed by atoms with Crippen LogP contribution in [0.1, 0.15) is 16.7 Å². The van der Waals surface area contributed by atoms with E-state index in [-0.39, 0.29) is 0 Å². The summed E-state index contributed by atoms with van der Waals surface area (Å²) >= 11 is 3.49. The van der Waals surface area contributed by atoms with Gasteiger partial charge in [0.1, 0.15) is 0 Å². The Hall–Kier alpha value is -1.28. The summed E-state index contributed by atoms with van der Waals surface area (Å²) in [7, 11) is 2.11. The Labute approximate surface area is 118 Å². The SMILES string of the molecule is Cc1ccc(N(C)c2ccc(CBr)cc2C)cc1. The highest BCUT2D eigenvalue weighted by Crippen LogP contribution is 2.28. The number of anilines is 2. The molecular formula is C16H18BrN. The molecule has 0 aliphatic rings. The predicted octanol–water partition coefficient (Wildman–Crippen LogP) is 4.97. The minimum atomic E-state index is 0.905. The van der Waals surface area contributed by atoms with Gasteiger partial charge in [-0.05, 0) is 43.2 Å². The van der Waals surface area contributed by atoms with E-state index in [9.17, 15) is 0 Å². The minimum absolute atomic E-state index is 0.905. The lowest BCUT2D eigenvalue weighted by Gasteiger charge is -2.22. The van der Waals surface area contributed by atoms with Crippen LogP contribution < -0.4 is 4.90 Å². The lowest BCUT2D eigenvalue weighted by Crippen LogP contribution is -2.10. The molecule has 0 fully saturated rings. The number of halogens is 1. The Morgan fingerprint density at radius 3 is 2.22 bits per heavy atom. The lowest BCUT2D eigenvalue weighted by molar-refractivity contribution is 1.17. The zero-order valence-corrected chi connectivity index (χ0v) is 12.7. The number of hydrogen-bond acceptors (Lipinski definition) is 1. The van der Waals surface area contributed by atoms with Gasteiger partial charge >= 0.3 is 0 Å². The van der Waals surface area contributed by atoms with Gasteiger partial charge in [-0.3, -0.25) is 0 Å². The van der Waals surface area contributed by atoms with E-state index in [0.29, 0.717) is 0 Å². The third-order valence-electron chi connectivity index (χ3n) is 3.20. The normalized spacial score (nSPS) is 10.4. The maximum atomic E-state index is 3.49. The van der Waals surface area contributed by atoms with E-state index in [1.54, 1.807) is 0 Å². The predicted molar refractivity (Wildman–Crippen MR) is 83.1 cm³/mol. The summed E-state index contributed by atoms with van der Waals surface area (Å²) in [4.78, 5) is 2.23. The second-order valence-electron chi connectivity index (χ2n) is 4.65. The monoisotopic (exact) mass is 303 g/mol. The van der Waals surface area contributed by atoms with Gasteiger partial charge in [-0.25, -0.2) is 0 Å². The van der Waals surface area contributed by atoms with Gasteiger partial charge in [0, 0.05) is 23.8 Å². The smallest absolute Gasteiger partial charge is 0.0438 e. The minimum Gasteiger partial charge on any atom is -0.344 e. The maximum Gasteiger partial charge on any atom is 0.0438 e. The highest BCUT2D eigenvalue weighted by atomic mass is 79.9. The summed E-state index contributed by atoms with van der Waals surface area (Å²) in [6, 6.07) is 15.2. The van der Waals surface area contributed by atoms with Crippen LogP contribution in [0.5, 0.6) is 0 Å². The lowest BCUT2D eigenvalue weighted by atomic mass is 10.1. The second kappa shape index (κ2) is 5.57. The summed E-state index contributed by atoms with van der Waals surface area (Å²) < 4.78 is 0. The van der Waals surface area contributed by atoms with Crippen molar-refractivity contribution in [1.82, 2.24) is 0 Å². The molecule has 0 atom stereocenters. The van der Waals surface area contributed by atoms with Gasteiger partial charge in [-0.15, -0.1) is 0 Å². The van der Waals surface area contributed by atoms with Gasteiger partial charge in [0.15, 0.2) is 0 Å². The number of rotatable bonds is 3. The zero-order valence-electron chi connectivity index (χ0n) is 11.1. The number of benzene rings is 2. The average Bonchev–Trinajstić information content (AvgIpc) is 2.38. The Balaban J connectivity index is 2.33. The van der Waals surface area contributed by atoms with Crippen molar-refractivity contribution in [3.8, 4) is 0 Å². The first kappa shape index (κ1) is 13.2. The third-order valence-corrected chi connectivity index (χ3v) is 3.85. The molecular weight excluding hydrogens is 286 g/mol. The number of hydrogen-bond donors (Lipinski definition) is 0. The Morgan fingerprint density at radius 2 is 1.67 bits per heavy atom. The van der Waals surface area contributed by atoms with Crippen molar-refractivity contribution in [1.29, 1.82) is 0 Å². The molecule has 2 heteroatoms. The number of alkyl halides is 1. The van der Waals surface area contributed by atoms with Gasteiger partial charge in [0.05, 0.1) is 0 Å². The summed E-state index contributed by atoms with van der Waals surface area (Å²) in [6.45, 7) is 4.27. The first-order valence-corrected chi connectivity index (χ1v) is 7.20. The van der Waals surface area contributed by atoms with Crippen LogP contribution in [0.2, 0.25) is 0 Å². The molecule has 0 saturated carbocycles. The first-order chi connectivity index (χ1) is 8.61. The van der Waals surface area contributed by atoms with Gasteiger partial charge < -0.3 is 4.90 Å². The summed E-state index contributed by atoms with van der Waals surface area (Å²) in [5.41, 5.74) is 6.38. The van der Waals surface area contributed by atoms with Crippen molar-refractivity contribution >= 4 is 27.3 Å². The van der Waals surface area contributed by atoms with E-state index in [4.69, 9.17) is 0 Å². The van der Waals surface area contributed by atoms with Crippen molar-refractivity contribution in [3.05, 3.63) is 59.2 Å². The summed E-state index contributed by atoms with van der Waals surface area (Å²) in [5.74, 6) is 0. The standard InChI is InChI=1S/C16H18BrN/c1-12-4-7-15(8-5-12)18(3)16-9-6-14(11-17)10-13(16)2/h4-10H,11H2,1-3H3. The van der Waals surface area contributed by atoms with E-state index in [1.165, 1.54) is 28.1 Å². The third kappa shape index (κ3) is 2.75. The van der Waals surface area contributed by atoms with Gasteiger partial charge in [0.2, 0.25) is 0 Å². The second-order valence-corrected chi connectivity index (χ2v) is 5.21. The van der Waals surface area contributed by atoms with E-state index in [0.717, 1.165) is 5.33 Å². The molecule has 0 heterocycles. The number of nitrogens with zero attached hydrogens (tertiary/aromatic N) is 1. The Bertz CT molecular complexity index is 531. The van der Waals surface area contributed by atoms with Crippen LogP contribution in [-0.4, -0.2) is 7.05 Å². The van der Waals surface area contributed by atoms with Crippen molar-refractivity contribution in [2.24, 2.45) is 0 Å². The molecule has 0 aliphatic carbocycles. The average molecular weight is 304 g/mol. The van der Waals surface area contributed by atoms with Crippen LogP contribution in [0.3, 0.4) is 0 Å². The maximum absolute atomic E-state index is 3.49. The fourth-order valence-electron chi connectivity index (χ4n) is 2.08. The summed E-state index contributed by atoms with van der Waals surface area (Å²) in [5, 5.41) is 0.905. The molecule has 0 unspecified atom stereocenters. The van der Waals surface area contributed by atoms with E-state index >= 15 is 0 Å². The van der Waals surface area contributed by atoms with E-state index in [2.05, 4.69) is 84.2 Å². The molecule has 0 spiro atoms. The van der Waals surface area contributed by atoms with Crippen LogP contribution in [0, 0.1) is 13.8 Å². The van der Waals surface area contributed by atoms with Crippen molar-refractivity contribution in [2.45, 2.75) is 19.2 Å².